The lowest BCUT2D eigenvalue weighted by Gasteiger charge is -2.51. The first-order chi connectivity index (χ1) is 8.71. The van der Waals surface area contributed by atoms with Gasteiger partial charge in [-0.05, 0) is 56.3 Å². The first-order valence-electron chi connectivity index (χ1n) is 7.06. The fraction of sp³-hybridized carbons (Fsp3) is 0.733. The van der Waals surface area contributed by atoms with Crippen molar-refractivity contribution in [3.8, 4) is 0 Å². The Kier molecular flexibility index (Phi) is 3.20. The number of ether oxygens (including phenoxy) is 1. The van der Waals surface area contributed by atoms with Gasteiger partial charge in [0.05, 0.1) is 6.10 Å². The summed E-state index contributed by atoms with van der Waals surface area (Å²) in [5.74, 6) is 0. The van der Waals surface area contributed by atoms with Crippen LogP contribution in [0.4, 0.5) is 0 Å². The van der Waals surface area contributed by atoms with Gasteiger partial charge in [-0.15, -0.1) is 0 Å². The highest BCUT2D eigenvalue weighted by Gasteiger charge is 2.45. The molecule has 0 radical (unpaired) electrons. The highest BCUT2D eigenvalue weighted by molar-refractivity contribution is 5.07. The Labute approximate surface area is 110 Å². The molecule has 3 rings (SSSR count). The lowest BCUT2D eigenvalue weighted by molar-refractivity contribution is -0.0886. The average Bonchev–Trinajstić information content (AvgIpc) is 2.73. The summed E-state index contributed by atoms with van der Waals surface area (Å²) in [6.45, 7) is 3.61. The van der Waals surface area contributed by atoms with Crippen LogP contribution in [0.5, 0.6) is 0 Å². The van der Waals surface area contributed by atoms with Crippen LogP contribution in [0.2, 0.25) is 0 Å². The summed E-state index contributed by atoms with van der Waals surface area (Å²) in [4.78, 5) is 2.60. The molecule has 0 atom stereocenters. The predicted molar refractivity (Wildman–Crippen MR) is 72.4 cm³/mol. The van der Waals surface area contributed by atoms with Crippen molar-refractivity contribution >= 4 is 0 Å². The monoisotopic (exact) mass is 248 g/mol. The second kappa shape index (κ2) is 4.71. The maximum absolute atomic E-state index is 5.42. The zero-order valence-corrected chi connectivity index (χ0v) is 11.6. The molecule has 2 aliphatic rings. The molecule has 3 nitrogen and oxygen atoms in total. The molecule has 3 heteroatoms. The summed E-state index contributed by atoms with van der Waals surface area (Å²) in [6.07, 6.45) is 7.98. The van der Waals surface area contributed by atoms with Crippen molar-refractivity contribution in [2.24, 2.45) is 12.5 Å². The number of hydrogen-bond acceptors (Lipinski definition) is 2. The topological polar surface area (TPSA) is 17.4 Å². The van der Waals surface area contributed by atoms with Gasteiger partial charge < -0.3 is 9.30 Å². The number of aryl methyl sites for hydroxylation is 1. The number of rotatable bonds is 3. The van der Waals surface area contributed by atoms with E-state index in [0.717, 1.165) is 6.54 Å². The predicted octanol–water partition coefficient (Wildman–Crippen LogP) is 2.42. The summed E-state index contributed by atoms with van der Waals surface area (Å²) < 4.78 is 7.66. The van der Waals surface area contributed by atoms with E-state index in [1.165, 1.54) is 44.5 Å². The van der Waals surface area contributed by atoms with Crippen molar-refractivity contribution in [1.82, 2.24) is 9.47 Å². The second-order valence-electron chi connectivity index (χ2n) is 6.15. The van der Waals surface area contributed by atoms with Crippen LogP contribution < -0.4 is 0 Å². The quantitative estimate of drug-likeness (QED) is 0.817. The van der Waals surface area contributed by atoms with Gasteiger partial charge in [-0.25, -0.2) is 0 Å². The Bertz CT molecular complexity index is 396. The van der Waals surface area contributed by atoms with Crippen molar-refractivity contribution in [3.63, 3.8) is 0 Å². The Morgan fingerprint density at radius 3 is 2.61 bits per heavy atom. The van der Waals surface area contributed by atoms with Crippen LogP contribution in [0, 0.1) is 5.41 Å². The minimum Gasteiger partial charge on any atom is -0.381 e. The summed E-state index contributed by atoms with van der Waals surface area (Å²) >= 11 is 0. The second-order valence-corrected chi connectivity index (χ2v) is 6.15. The minimum absolute atomic E-state index is 0.546. The molecule has 1 saturated carbocycles. The van der Waals surface area contributed by atoms with Gasteiger partial charge in [-0.1, -0.05) is 0 Å². The van der Waals surface area contributed by atoms with E-state index in [9.17, 15) is 0 Å². The van der Waals surface area contributed by atoms with Gasteiger partial charge >= 0.3 is 0 Å². The van der Waals surface area contributed by atoms with Gasteiger partial charge in [0.25, 0.3) is 0 Å². The summed E-state index contributed by atoms with van der Waals surface area (Å²) in [7, 11) is 3.98. The Morgan fingerprint density at radius 1 is 1.33 bits per heavy atom. The van der Waals surface area contributed by atoms with Crippen molar-refractivity contribution in [1.29, 1.82) is 0 Å². The van der Waals surface area contributed by atoms with E-state index in [2.05, 4.69) is 34.8 Å². The Hall–Kier alpha value is -0.800. The third-order valence-electron chi connectivity index (χ3n) is 5.01. The van der Waals surface area contributed by atoms with Crippen molar-refractivity contribution in [2.75, 3.05) is 20.2 Å². The van der Waals surface area contributed by atoms with Gasteiger partial charge in [0.2, 0.25) is 0 Å². The van der Waals surface area contributed by atoms with Gasteiger partial charge in [0, 0.05) is 32.6 Å². The highest BCUT2D eigenvalue weighted by Crippen LogP contribution is 2.50. The average molecular weight is 248 g/mol. The zero-order chi connectivity index (χ0) is 12.6. The van der Waals surface area contributed by atoms with Crippen LogP contribution in [0.15, 0.2) is 18.3 Å². The molecule has 0 aromatic carbocycles. The molecular formula is C15H24N2O. The molecule has 1 aliphatic carbocycles. The molecule has 0 N–H and O–H groups in total. The molecular weight excluding hydrogens is 224 g/mol. The maximum Gasteiger partial charge on any atom is 0.0582 e. The lowest BCUT2D eigenvalue weighted by atomic mass is 9.61. The standard InChI is InChI=1S/C15H24N2O/c1-16-7-3-4-13(16)12-17-8-5-15(6-9-17)10-14(11-15)18-2/h3-4,7,14H,5-6,8-12H2,1-2H3. The SMILES string of the molecule is COC1CC2(CCN(Cc3cccn3C)CC2)C1. The van der Waals surface area contributed by atoms with E-state index < -0.39 is 0 Å². The normalized spacial score (nSPS) is 24.3. The smallest absolute Gasteiger partial charge is 0.0582 e. The largest absolute Gasteiger partial charge is 0.381 e. The molecule has 18 heavy (non-hydrogen) atoms. The fourth-order valence-corrected chi connectivity index (χ4v) is 3.56. The van der Waals surface area contributed by atoms with Crippen LogP contribution in [0.1, 0.15) is 31.4 Å². The lowest BCUT2D eigenvalue weighted by Crippen LogP contribution is -2.49. The number of piperidine rings is 1. The fourth-order valence-electron chi connectivity index (χ4n) is 3.56. The molecule has 1 aromatic rings. The molecule has 2 heterocycles. The van der Waals surface area contributed by atoms with Crippen LogP contribution in [0.3, 0.4) is 0 Å². The van der Waals surface area contributed by atoms with E-state index in [4.69, 9.17) is 4.74 Å². The molecule has 100 valence electrons. The Balaban J connectivity index is 1.51. The van der Waals surface area contributed by atoms with E-state index in [0.29, 0.717) is 11.5 Å². The number of aromatic nitrogens is 1. The maximum atomic E-state index is 5.42. The third-order valence-corrected chi connectivity index (χ3v) is 5.01. The number of methoxy groups -OCH3 is 1. The van der Waals surface area contributed by atoms with E-state index in [1.54, 1.807) is 0 Å². The summed E-state index contributed by atoms with van der Waals surface area (Å²) in [5, 5.41) is 0. The molecule has 2 fully saturated rings. The summed E-state index contributed by atoms with van der Waals surface area (Å²) in [5.41, 5.74) is 2.06. The third kappa shape index (κ3) is 2.21. The zero-order valence-electron chi connectivity index (χ0n) is 11.6. The van der Waals surface area contributed by atoms with Crippen molar-refractivity contribution in [2.45, 2.75) is 38.3 Å². The van der Waals surface area contributed by atoms with Gasteiger partial charge in [0.15, 0.2) is 0 Å². The van der Waals surface area contributed by atoms with Crippen LogP contribution >= 0.6 is 0 Å². The molecule has 0 unspecified atom stereocenters. The van der Waals surface area contributed by atoms with E-state index in [1.807, 2.05) is 7.11 Å². The summed E-state index contributed by atoms with van der Waals surface area (Å²) in [6, 6.07) is 4.37. The van der Waals surface area contributed by atoms with Crippen molar-refractivity contribution < 1.29 is 4.74 Å². The molecule has 1 aromatic heterocycles. The Morgan fingerprint density at radius 2 is 2.06 bits per heavy atom. The van der Waals surface area contributed by atoms with Gasteiger partial charge in [0.1, 0.15) is 0 Å². The van der Waals surface area contributed by atoms with Crippen LogP contribution in [-0.2, 0) is 18.3 Å². The van der Waals surface area contributed by atoms with Crippen molar-refractivity contribution in [3.05, 3.63) is 24.0 Å². The first-order valence-corrected chi connectivity index (χ1v) is 7.06. The van der Waals surface area contributed by atoms with Crippen LogP contribution in [-0.4, -0.2) is 35.8 Å². The molecule has 1 aliphatic heterocycles. The van der Waals surface area contributed by atoms with Gasteiger partial charge in [-0.3, -0.25) is 4.90 Å². The first kappa shape index (κ1) is 12.2. The minimum atomic E-state index is 0.546. The van der Waals surface area contributed by atoms with E-state index >= 15 is 0 Å². The number of nitrogens with zero attached hydrogens (tertiary/aromatic N) is 2. The molecule has 0 amide bonds. The molecule has 1 saturated heterocycles. The number of likely N-dealkylation sites (tertiary alicyclic amines) is 1. The molecule has 0 bridgehead atoms. The van der Waals surface area contributed by atoms with E-state index in [-0.39, 0.29) is 0 Å². The van der Waals surface area contributed by atoms with Crippen LogP contribution in [0.25, 0.3) is 0 Å². The van der Waals surface area contributed by atoms with Gasteiger partial charge in [-0.2, -0.15) is 0 Å². The molecule has 1 spiro atoms. The number of hydrogen-bond donors (Lipinski definition) is 0. The highest BCUT2D eigenvalue weighted by atomic mass is 16.5.